The number of hydrogen-bond acceptors (Lipinski definition) is 8. The number of nitrogen functional groups attached to an aromatic ring is 1. The van der Waals surface area contributed by atoms with E-state index < -0.39 is 23.7 Å². The van der Waals surface area contributed by atoms with E-state index in [1.165, 1.54) is 11.8 Å². The molecule has 2 aromatic rings. The first kappa shape index (κ1) is 15.5. The van der Waals surface area contributed by atoms with Crippen LogP contribution >= 0.6 is 11.8 Å². The SMILES string of the molecule is CSc1nc(N)c2ncn([C@@H]3C[C@](C)(CO)[C@H](O)[C@@H]3O)c2n1. The molecule has 1 fully saturated rings. The van der Waals surface area contributed by atoms with Crippen LogP contribution in [0.25, 0.3) is 11.2 Å². The fraction of sp³-hybridized carbons (Fsp3) is 0.615. The number of thioether (sulfide) groups is 1. The molecule has 1 aliphatic carbocycles. The Morgan fingerprint density at radius 1 is 1.45 bits per heavy atom. The molecule has 9 heteroatoms. The number of imidazole rings is 1. The zero-order valence-corrected chi connectivity index (χ0v) is 13.2. The van der Waals surface area contributed by atoms with Gasteiger partial charge in [0, 0.05) is 5.41 Å². The van der Waals surface area contributed by atoms with Gasteiger partial charge in [0.05, 0.1) is 25.1 Å². The van der Waals surface area contributed by atoms with Crippen LogP contribution in [-0.4, -0.2) is 59.9 Å². The van der Waals surface area contributed by atoms with E-state index in [1.807, 2.05) is 6.26 Å². The molecule has 2 aromatic heterocycles. The van der Waals surface area contributed by atoms with Crippen LogP contribution in [0.1, 0.15) is 19.4 Å². The number of nitrogens with zero attached hydrogens (tertiary/aromatic N) is 4. The van der Waals surface area contributed by atoms with E-state index in [4.69, 9.17) is 5.73 Å². The van der Waals surface area contributed by atoms with Crippen molar-refractivity contribution in [1.82, 2.24) is 19.5 Å². The zero-order chi connectivity index (χ0) is 16.1. The van der Waals surface area contributed by atoms with Crippen LogP contribution < -0.4 is 5.73 Å². The molecule has 0 radical (unpaired) electrons. The number of nitrogens with two attached hydrogens (primary N) is 1. The van der Waals surface area contributed by atoms with Crippen LogP contribution in [0.2, 0.25) is 0 Å². The standard InChI is InChI=1S/C13H19N5O3S/c1-13(4-19)3-6(8(20)9(13)21)18-5-15-7-10(14)16-12(22-2)17-11(7)18/h5-6,8-9,19-21H,3-4H2,1-2H3,(H2,14,16,17)/t6-,8-,9-,13-/m1/s1. The van der Waals surface area contributed by atoms with Crippen LogP contribution in [0.5, 0.6) is 0 Å². The Kier molecular flexibility index (Phi) is 3.76. The maximum atomic E-state index is 10.4. The van der Waals surface area contributed by atoms with Crippen LogP contribution in [0.15, 0.2) is 11.5 Å². The molecular weight excluding hydrogens is 306 g/mol. The first-order valence-electron chi connectivity index (χ1n) is 6.92. The van der Waals surface area contributed by atoms with Crippen LogP contribution in [0.3, 0.4) is 0 Å². The molecule has 1 saturated carbocycles. The van der Waals surface area contributed by atoms with E-state index in [0.717, 1.165) is 0 Å². The summed E-state index contributed by atoms with van der Waals surface area (Å²) < 4.78 is 1.71. The van der Waals surface area contributed by atoms with Gasteiger partial charge in [0.15, 0.2) is 16.6 Å². The van der Waals surface area contributed by atoms with E-state index in [9.17, 15) is 15.3 Å². The number of hydrogen-bond donors (Lipinski definition) is 4. The molecule has 0 saturated heterocycles. The zero-order valence-electron chi connectivity index (χ0n) is 12.3. The molecule has 0 bridgehead atoms. The molecule has 22 heavy (non-hydrogen) atoms. The minimum atomic E-state index is -1.01. The molecular formula is C13H19N5O3S. The predicted octanol–water partition coefficient (Wildman–Crippen LogP) is -0.204. The van der Waals surface area contributed by atoms with Crippen molar-refractivity contribution in [2.24, 2.45) is 5.41 Å². The van der Waals surface area contributed by atoms with Crippen molar-refractivity contribution in [3.63, 3.8) is 0 Å². The largest absolute Gasteiger partial charge is 0.396 e. The minimum absolute atomic E-state index is 0.207. The summed E-state index contributed by atoms with van der Waals surface area (Å²) in [6.07, 6.45) is 1.78. The summed E-state index contributed by atoms with van der Waals surface area (Å²) in [4.78, 5) is 12.8. The Morgan fingerprint density at radius 2 is 2.18 bits per heavy atom. The molecule has 8 nitrogen and oxygen atoms in total. The van der Waals surface area contributed by atoms with Gasteiger partial charge in [-0.15, -0.1) is 0 Å². The third-order valence-corrected chi connectivity index (χ3v) is 4.98. The van der Waals surface area contributed by atoms with Crippen molar-refractivity contribution in [3.05, 3.63) is 6.33 Å². The number of aliphatic hydroxyl groups excluding tert-OH is 3. The predicted molar refractivity (Wildman–Crippen MR) is 82.4 cm³/mol. The monoisotopic (exact) mass is 325 g/mol. The third kappa shape index (κ3) is 2.16. The number of fused-ring (bicyclic) bond motifs is 1. The normalized spacial score (nSPS) is 32.0. The molecule has 0 aromatic carbocycles. The number of anilines is 1. The summed E-state index contributed by atoms with van der Waals surface area (Å²) in [5, 5.41) is 30.6. The lowest BCUT2D eigenvalue weighted by atomic mass is 9.87. The average molecular weight is 325 g/mol. The summed E-state index contributed by atoms with van der Waals surface area (Å²) in [6, 6.07) is -0.429. The molecule has 0 unspecified atom stereocenters. The van der Waals surface area contributed by atoms with Crippen molar-refractivity contribution in [3.8, 4) is 0 Å². The molecule has 0 aliphatic heterocycles. The molecule has 3 rings (SSSR count). The van der Waals surface area contributed by atoms with Gasteiger partial charge in [-0.05, 0) is 12.7 Å². The lowest BCUT2D eigenvalue weighted by Crippen LogP contribution is -2.36. The minimum Gasteiger partial charge on any atom is -0.396 e. The Labute approximate surface area is 131 Å². The molecule has 120 valence electrons. The molecule has 2 heterocycles. The first-order chi connectivity index (χ1) is 10.4. The lowest BCUT2D eigenvalue weighted by molar-refractivity contribution is -0.0403. The van der Waals surface area contributed by atoms with Crippen LogP contribution in [0.4, 0.5) is 5.82 Å². The maximum absolute atomic E-state index is 10.4. The summed E-state index contributed by atoms with van der Waals surface area (Å²) in [5.41, 5.74) is 6.12. The van der Waals surface area contributed by atoms with Gasteiger partial charge in [-0.3, -0.25) is 0 Å². The topological polar surface area (TPSA) is 130 Å². The number of rotatable bonds is 3. The van der Waals surface area contributed by atoms with Gasteiger partial charge in [-0.25, -0.2) is 15.0 Å². The second-order valence-electron chi connectivity index (χ2n) is 5.94. The fourth-order valence-corrected chi connectivity index (χ4v) is 3.38. The molecule has 1 aliphatic rings. The summed E-state index contributed by atoms with van der Waals surface area (Å²) in [5.74, 6) is 0.283. The van der Waals surface area contributed by atoms with Crippen molar-refractivity contribution in [2.75, 3.05) is 18.6 Å². The average Bonchev–Trinajstić information content (AvgIpc) is 3.03. The van der Waals surface area contributed by atoms with Gasteiger partial charge in [0.1, 0.15) is 11.6 Å². The Morgan fingerprint density at radius 3 is 2.77 bits per heavy atom. The maximum Gasteiger partial charge on any atom is 0.191 e. The highest BCUT2D eigenvalue weighted by Gasteiger charge is 2.50. The van der Waals surface area contributed by atoms with E-state index >= 15 is 0 Å². The second kappa shape index (κ2) is 5.34. The summed E-state index contributed by atoms with van der Waals surface area (Å²) in [7, 11) is 0. The highest BCUT2D eigenvalue weighted by molar-refractivity contribution is 7.98. The summed E-state index contributed by atoms with van der Waals surface area (Å²) in [6.45, 7) is 1.54. The smallest absolute Gasteiger partial charge is 0.191 e. The van der Waals surface area contributed by atoms with E-state index in [2.05, 4.69) is 15.0 Å². The summed E-state index contributed by atoms with van der Waals surface area (Å²) >= 11 is 1.36. The van der Waals surface area contributed by atoms with Crippen LogP contribution in [-0.2, 0) is 0 Å². The molecule has 5 N–H and O–H groups in total. The first-order valence-corrected chi connectivity index (χ1v) is 8.15. The van der Waals surface area contributed by atoms with Gasteiger partial charge < -0.3 is 25.6 Å². The number of aromatic nitrogens is 4. The van der Waals surface area contributed by atoms with Gasteiger partial charge in [-0.2, -0.15) is 0 Å². The Hall–Kier alpha value is -1.42. The van der Waals surface area contributed by atoms with Crippen molar-refractivity contribution in [1.29, 1.82) is 0 Å². The van der Waals surface area contributed by atoms with Gasteiger partial charge in [-0.1, -0.05) is 18.7 Å². The molecule has 4 atom stereocenters. The van der Waals surface area contributed by atoms with Gasteiger partial charge in [0.2, 0.25) is 0 Å². The Bertz CT molecular complexity index is 708. The molecule has 0 spiro atoms. The van der Waals surface area contributed by atoms with Gasteiger partial charge >= 0.3 is 0 Å². The highest BCUT2D eigenvalue weighted by Crippen LogP contribution is 2.45. The quantitative estimate of drug-likeness (QED) is 0.451. The van der Waals surface area contributed by atoms with E-state index in [1.54, 1.807) is 17.8 Å². The molecule has 0 amide bonds. The number of aliphatic hydroxyl groups is 3. The second-order valence-corrected chi connectivity index (χ2v) is 6.71. The van der Waals surface area contributed by atoms with Crippen molar-refractivity contribution >= 4 is 28.7 Å². The lowest BCUT2D eigenvalue weighted by Gasteiger charge is -2.25. The van der Waals surface area contributed by atoms with Crippen molar-refractivity contribution in [2.45, 2.75) is 36.8 Å². The third-order valence-electron chi connectivity index (χ3n) is 4.44. The fourth-order valence-electron chi connectivity index (χ4n) is 3.01. The van der Waals surface area contributed by atoms with E-state index in [0.29, 0.717) is 22.7 Å². The highest BCUT2D eigenvalue weighted by atomic mass is 32.2. The van der Waals surface area contributed by atoms with Gasteiger partial charge in [0.25, 0.3) is 0 Å². The van der Waals surface area contributed by atoms with Crippen LogP contribution in [0, 0.1) is 5.41 Å². The Balaban J connectivity index is 2.09. The van der Waals surface area contributed by atoms with Crippen molar-refractivity contribution < 1.29 is 15.3 Å². The van der Waals surface area contributed by atoms with E-state index in [-0.39, 0.29) is 12.4 Å².